The van der Waals surface area contributed by atoms with Crippen molar-refractivity contribution in [3.05, 3.63) is 103 Å². The molecule has 17 nitrogen and oxygen atoms in total. The maximum Gasteiger partial charge on any atom is 0.348 e. The third-order valence-corrected chi connectivity index (χ3v) is 11.9. The van der Waals surface area contributed by atoms with Gasteiger partial charge in [-0.3, -0.25) is 14.9 Å². The third kappa shape index (κ3) is 14.0. The number of aromatic carboxylic acids is 1. The fourth-order valence-electron chi connectivity index (χ4n) is 4.02. The topological polar surface area (TPSA) is 247 Å². The summed E-state index contributed by atoms with van der Waals surface area (Å²) in [5.41, 5.74) is 6.79. The number of nitrogens with zero attached hydrogens (tertiary/aromatic N) is 3. The van der Waals surface area contributed by atoms with E-state index in [9.17, 15) is 38.9 Å². The summed E-state index contributed by atoms with van der Waals surface area (Å²) >= 11 is 6.41. The van der Waals surface area contributed by atoms with Crippen molar-refractivity contribution in [1.82, 2.24) is 9.78 Å². The first kappa shape index (κ1) is 48.3. The summed E-state index contributed by atoms with van der Waals surface area (Å²) in [6.45, 7) is 8.72. The highest BCUT2D eigenvalue weighted by atomic mass is 32.1. The first-order valence-corrected chi connectivity index (χ1v) is 20.1. The second kappa shape index (κ2) is 22.8. The van der Waals surface area contributed by atoms with E-state index in [1.165, 1.54) is 91.5 Å². The van der Waals surface area contributed by atoms with Crippen LogP contribution in [0.1, 0.15) is 79.6 Å². The second-order valence-corrected chi connectivity index (χ2v) is 17.1. The summed E-state index contributed by atoms with van der Waals surface area (Å²) in [6, 6.07) is 11.6. The van der Waals surface area contributed by atoms with Crippen molar-refractivity contribution in [2.24, 2.45) is 0 Å². The minimum absolute atomic E-state index is 0.0367. The average molecular weight is 895 g/mol. The van der Waals surface area contributed by atoms with Gasteiger partial charge in [-0.25, -0.2) is 24.0 Å². The van der Waals surface area contributed by atoms with Crippen LogP contribution < -0.4 is 5.73 Å². The Hall–Kier alpha value is -5.81. The van der Waals surface area contributed by atoms with Gasteiger partial charge in [-0.05, 0) is 64.1 Å². The number of thiophene rings is 5. The number of fused-ring (bicyclic) bond motifs is 1. The molecule has 0 aliphatic rings. The van der Waals surface area contributed by atoms with Crippen LogP contribution in [0.5, 0.6) is 0 Å². The average Bonchev–Trinajstić information content (AvgIpc) is 4.05. The van der Waals surface area contributed by atoms with E-state index in [0.29, 0.717) is 35.6 Å². The molecule has 22 heteroatoms. The van der Waals surface area contributed by atoms with E-state index < -0.39 is 22.8 Å². The van der Waals surface area contributed by atoms with Gasteiger partial charge in [0.25, 0.3) is 5.69 Å². The lowest BCUT2D eigenvalue weighted by Crippen LogP contribution is -2.06. The third-order valence-electron chi connectivity index (χ3n) is 6.84. The summed E-state index contributed by atoms with van der Waals surface area (Å²) in [6.07, 6.45) is 1.56. The molecule has 0 aliphatic heterocycles. The quantitative estimate of drug-likeness (QED) is 0.0690. The van der Waals surface area contributed by atoms with Crippen molar-refractivity contribution < 1.29 is 57.7 Å². The van der Waals surface area contributed by atoms with Crippen molar-refractivity contribution in [3.8, 4) is 0 Å². The Kier molecular flexibility index (Phi) is 19.0. The van der Waals surface area contributed by atoms with Crippen molar-refractivity contribution in [2.75, 3.05) is 34.2 Å². The Labute approximate surface area is 351 Å². The van der Waals surface area contributed by atoms with E-state index >= 15 is 0 Å². The number of hydrogen-bond donors (Lipinski definition) is 2. The predicted molar refractivity (Wildman–Crippen MR) is 224 cm³/mol. The Morgan fingerprint density at radius 2 is 1.12 bits per heavy atom. The Bertz CT molecular complexity index is 2380. The number of carbonyl (C=O) groups excluding carboxylic acids is 5. The molecule has 6 aromatic heterocycles. The Balaban J connectivity index is 0.000000253. The number of aromatic nitrogens is 2. The number of ether oxygens (including phenoxy) is 4. The molecule has 6 aromatic rings. The van der Waals surface area contributed by atoms with Crippen LogP contribution in [0.25, 0.3) is 10.2 Å². The maximum atomic E-state index is 11.2. The highest BCUT2D eigenvalue weighted by Crippen LogP contribution is 2.29. The van der Waals surface area contributed by atoms with Gasteiger partial charge in [0.05, 0.1) is 54.7 Å². The van der Waals surface area contributed by atoms with Gasteiger partial charge in [0.1, 0.15) is 24.4 Å². The molecule has 6 heterocycles. The normalized spacial score (nSPS) is 9.81. The number of carboxylic acids is 1. The standard InChI is InChI=1S/C9H8N2O3S.C7H7NO4S.C7H9NO2S.C7H8O2S.C6H6O2S/c1-5(12)11-6-3-7(9(13)14-2)15-8(6)4-10-11;1-4-5(8(10)11)3-6(13-4)7(9)12-2;1-4-5(8)3-6(11-4)7(9)10-2;1-5-3-4-6(10-5)7(8)9-2;1-4-2-3-5(9-4)6(7)8/h3-4H,1-2H3;3H,1-2H3;3H,8H2,1-2H3;3-4H,1-2H3;2-3H,1H3,(H,7,8). The first-order chi connectivity index (χ1) is 27.3. The van der Waals surface area contributed by atoms with Crippen molar-refractivity contribution in [3.63, 3.8) is 0 Å². The lowest BCUT2D eigenvalue weighted by Gasteiger charge is -1.93. The highest BCUT2D eigenvalue weighted by Gasteiger charge is 2.20. The summed E-state index contributed by atoms with van der Waals surface area (Å²) in [7, 11) is 5.30. The molecule has 0 spiro atoms. The van der Waals surface area contributed by atoms with Crippen molar-refractivity contribution in [1.29, 1.82) is 0 Å². The van der Waals surface area contributed by atoms with Crippen LogP contribution in [-0.2, 0) is 18.9 Å². The molecule has 0 radical (unpaired) electrons. The first-order valence-electron chi connectivity index (χ1n) is 16.1. The number of hydrogen-bond acceptors (Lipinski definition) is 19. The fourth-order valence-corrected chi connectivity index (χ4v) is 8.20. The second-order valence-electron chi connectivity index (χ2n) is 11.0. The molecule has 0 aliphatic carbocycles. The van der Waals surface area contributed by atoms with Gasteiger partial charge < -0.3 is 29.8 Å². The van der Waals surface area contributed by atoms with Crippen LogP contribution in [-0.4, -0.2) is 84.0 Å². The molecule has 0 amide bonds. The summed E-state index contributed by atoms with van der Waals surface area (Å²) in [5.74, 6) is -2.53. The zero-order valence-electron chi connectivity index (χ0n) is 32.4. The molecule has 6 rings (SSSR count). The summed E-state index contributed by atoms with van der Waals surface area (Å²) in [4.78, 5) is 81.2. The van der Waals surface area contributed by atoms with Gasteiger partial charge in [0.2, 0.25) is 5.91 Å². The SMILES string of the molecule is COC(=O)c1cc(N)c(C)s1.COC(=O)c1cc([N+](=O)[O-])c(C)s1.COC(=O)c1cc2c(cnn2C(C)=O)s1.COC(=O)c1ccc(C)s1.Cc1ccc(C(=O)O)s1. The van der Waals surface area contributed by atoms with Crippen molar-refractivity contribution >= 4 is 114 Å². The van der Waals surface area contributed by atoms with Crippen LogP contribution in [0.15, 0.2) is 48.7 Å². The van der Waals surface area contributed by atoms with Crippen LogP contribution >= 0.6 is 56.7 Å². The largest absolute Gasteiger partial charge is 0.477 e. The van der Waals surface area contributed by atoms with Crippen LogP contribution in [0.4, 0.5) is 11.4 Å². The van der Waals surface area contributed by atoms with Gasteiger partial charge in [-0.15, -0.1) is 56.7 Å². The van der Waals surface area contributed by atoms with E-state index in [1.54, 1.807) is 43.5 Å². The molecule has 0 bridgehead atoms. The maximum absolute atomic E-state index is 11.2. The lowest BCUT2D eigenvalue weighted by molar-refractivity contribution is -0.385. The molecule has 58 heavy (non-hydrogen) atoms. The van der Waals surface area contributed by atoms with E-state index in [2.05, 4.69) is 24.0 Å². The van der Waals surface area contributed by atoms with Crippen molar-refractivity contribution in [2.45, 2.75) is 34.6 Å². The molecular weight excluding hydrogens is 857 g/mol. The molecule has 0 saturated heterocycles. The molecule has 0 aromatic carbocycles. The van der Waals surface area contributed by atoms with Crippen LogP contribution in [0.3, 0.4) is 0 Å². The minimum Gasteiger partial charge on any atom is -0.477 e. The van der Waals surface area contributed by atoms with Crippen LogP contribution in [0.2, 0.25) is 0 Å². The number of rotatable bonds is 6. The fraction of sp³-hybridized carbons (Fsp3) is 0.250. The highest BCUT2D eigenvalue weighted by molar-refractivity contribution is 7.20. The van der Waals surface area contributed by atoms with Gasteiger partial charge in [0.15, 0.2) is 0 Å². The van der Waals surface area contributed by atoms with Crippen LogP contribution in [0, 0.1) is 37.8 Å². The monoisotopic (exact) mass is 894 g/mol. The van der Waals surface area contributed by atoms with E-state index in [-0.39, 0.29) is 28.4 Å². The smallest absolute Gasteiger partial charge is 0.348 e. The number of methoxy groups -OCH3 is 4. The number of nitrogens with two attached hydrogens (primary N) is 1. The molecule has 3 N–H and O–H groups in total. The summed E-state index contributed by atoms with van der Waals surface area (Å²) in [5, 5.41) is 22.7. The molecule has 0 saturated carbocycles. The predicted octanol–water partition coefficient (Wildman–Crippen LogP) is 8.32. The number of carboxylic acid groups (broad SMARTS) is 1. The van der Waals surface area contributed by atoms with Gasteiger partial charge in [-0.2, -0.15) is 9.78 Å². The number of nitro groups is 1. The van der Waals surface area contributed by atoms with E-state index in [0.717, 1.165) is 30.7 Å². The molecule has 0 unspecified atom stereocenters. The zero-order valence-corrected chi connectivity index (χ0v) is 36.5. The number of aryl methyl sites for hydroxylation is 4. The Morgan fingerprint density at radius 3 is 1.48 bits per heavy atom. The van der Waals surface area contributed by atoms with Gasteiger partial charge >= 0.3 is 29.8 Å². The number of esters is 4. The molecular formula is C36H38N4O13S5. The molecule has 310 valence electrons. The minimum atomic E-state index is -0.840. The molecule has 0 atom stereocenters. The number of anilines is 1. The Morgan fingerprint density at radius 1 is 0.672 bits per heavy atom. The molecule has 0 fully saturated rings. The zero-order chi connectivity index (χ0) is 43.9. The van der Waals surface area contributed by atoms with E-state index in [1.807, 2.05) is 26.8 Å². The lowest BCUT2D eigenvalue weighted by atomic mass is 10.4. The number of nitrogen functional groups attached to an aromatic ring is 1. The van der Waals surface area contributed by atoms with Gasteiger partial charge in [-0.1, -0.05) is 0 Å². The van der Waals surface area contributed by atoms with E-state index in [4.69, 9.17) is 10.8 Å². The number of carbonyl (C=O) groups is 6. The van der Waals surface area contributed by atoms with Gasteiger partial charge in [0, 0.05) is 33.3 Å². The summed E-state index contributed by atoms with van der Waals surface area (Å²) < 4.78 is 20.1.